The molecule has 14 heavy (non-hydrogen) atoms. The molecule has 0 bridgehead atoms. The van der Waals surface area contributed by atoms with Crippen molar-refractivity contribution in [1.29, 1.82) is 0 Å². The minimum absolute atomic E-state index is 0. The van der Waals surface area contributed by atoms with Gasteiger partial charge in [0.05, 0.1) is 5.56 Å². The van der Waals surface area contributed by atoms with Crippen LogP contribution in [0.1, 0.15) is 10.4 Å². The van der Waals surface area contributed by atoms with Gasteiger partial charge >= 0.3 is 32.2 Å². The minimum Gasteiger partial charge on any atom is 0 e. The summed E-state index contributed by atoms with van der Waals surface area (Å²) in [6, 6.07) is 1.69. The first-order chi connectivity index (χ1) is 5.52. The van der Waals surface area contributed by atoms with E-state index in [1.807, 2.05) is 0 Å². The number of hydrogen-bond acceptors (Lipinski definition) is 4. The molecule has 0 aromatic heterocycles. The standard InChI is InChI=1S/C7H6O5.Bi.Zr.3H/c8-4-1-3(7(11)12)2-5(9)6(4)10;;;;;/h1-2,8-10H,(H,11,12);;;;;. The summed E-state index contributed by atoms with van der Waals surface area (Å²) in [6.07, 6.45) is 0. The predicted molar refractivity (Wildman–Crippen MR) is 48.3 cm³/mol. The Hall–Kier alpha value is -0.144. The topological polar surface area (TPSA) is 98.0 Å². The van der Waals surface area contributed by atoms with Gasteiger partial charge in [0.15, 0.2) is 17.2 Å². The molecular formula is C7H9BiO5Zr. The van der Waals surface area contributed by atoms with Gasteiger partial charge in [0.2, 0.25) is 0 Å². The molecule has 0 spiro atoms. The molecule has 5 nitrogen and oxygen atoms in total. The molecule has 1 aromatic rings. The zero-order chi connectivity index (χ0) is 9.30. The first kappa shape index (κ1) is 16.3. The molecule has 0 aliphatic carbocycles. The number of benzene rings is 1. The third-order valence-electron chi connectivity index (χ3n) is 1.32. The van der Waals surface area contributed by atoms with Crippen LogP contribution in [-0.4, -0.2) is 52.6 Å². The molecule has 0 amide bonds. The third-order valence-corrected chi connectivity index (χ3v) is 1.32. The Morgan fingerprint density at radius 2 is 1.43 bits per heavy atom. The number of rotatable bonds is 1. The van der Waals surface area contributed by atoms with Gasteiger partial charge in [-0.1, -0.05) is 0 Å². The Labute approximate surface area is 118 Å². The normalized spacial score (nSPS) is 8.29. The maximum Gasteiger partial charge on any atom is 0 e. The largest absolute Gasteiger partial charge is 0 e. The van der Waals surface area contributed by atoms with Crippen molar-refractivity contribution < 1.29 is 51.4 Å². The maximum absolute atomic E-state index is 10.3. The van der Waals surface area contributed by atoms with Crippen molar-refractivity contribution in [2.75, 3.05) is 0 Å². The summed E-state index contributed by atoms with van der Waals surface area (Å²) in [4.78, 5) is 10.3. The number of carboxylic acids is 1. The smallest absolute Gasteiger partial charge is 0 e. The monoisotopic (exact) mass is 472 g/mol. The van der Waals surface area contributed by atoms with Gasteiger partial charge in [-0.05, 0) is 12.1 Å². The van der Waals surface area contributed by atoms with Crippen molar-refractivity contribution in [2.45, 2.75) is 0 Å². The van der Waals surface area contributed by atoms with Crippen LogP contribution in [0.3, 0.4) is 0 Å². The van der Waals surface area contributed by atoms with Crippen LogP contribution >= 0.6 is 0 Å². The van der Waals surface area contributed by atoms with E-state index in [9.17, 15) is 4.79 Å². The fourth-order valence-corrected chi connectivity index (χ4v) is 0.728. The first-order valence-electron chi connectivity index (χ1n) is 3.00. The van der Waals surface area contributed by atoms with Crippen LogP contribution in [0.5, 0.6) is 17.2 Å². The Morgan fingerprint density at radius 1 is 1.07 bits per heavy atom. The van der Waals surface area contributed by atoms with Gasteiger partial charge in [0, 0.05) is 26.2 Å². The van der Waals surface area contributed by atoms with E-state index in [1.165, 1.54) is 0 Å². The van der Waals surface area contributed by atoms with Crippen LogP contribution < -0.4 is 0 Å². The van der Waals surface area contributed by atoms with E-state index in [0.29, 0.717) is 0 Å². The molecule has 0 heterocycles. The Morgan fingerprint density at radius 3 is 1.71 bits per heavy atom. The van der Waals surface area contributed by atoms with E-state index in [1.54, 1.807) is 0 Å². The van der Waals surface area contributed by atoms with Crippen LogP contribution in [0.15, 0.2) is 12.1 Å². The molecule has 0 radical (unpaired) electrons. The number of carbonyl (C=O) groups is 1. The molecule has 7 heteroatoms. The molecular weight excluding hydrogens is 464 g/mol. The average Bonchev–Trinajstić information content (AvgIpc) is 1.99. The fraction of sp³-hybridized carbons (Fsp3) is 0. The molecule has 1 aromatic carbocycles. The molecule has 76 valence electrons. The van der Waals surface area contributed by atoms with E-state index in [0.717, 1.165) is 12.1 Å². The van der Waals surface area contributed by atoms with E-state index < -0.39 is 23.2 Å². The van der Waals surface area contributed by atoms with Gasteiger partial charge in [-0.15, -0.1) is 0 Å². The van der Waals surface area contributed by atoms with Gasteiger partial charge in [0.25, 0.3) is 0 Å². The molecule has 0 fully saturated rings. The summed E-state index contributed by atoms with van der Waals surface area (Å²) in [5.41, 5.74) is -0.289. The number of phenols is 3. The van der Waals surface area contributed by atoms with Crippen molar-refractivity contribution in [2.24, 2.45) is 0 Å². The van der Waals surface area contributed by atoms with Crippen molar-refractivity contribution in [3.8, 4) is 17.2 Å². The van der Waals surface area contributed by atoms with Gasteiger partial charge in [-0.2, -0.15) is 0 Å². The predicted octanol–water partition coefficient (Wildman–Crippen LogP) is -0.685. The average molecular weight is 473 g/mol. The second-order valence-corrected chi connectivity index (χ2v) is 2.17. The van der Waals surface area contributed by atoms with Crippen molar-refractivity contribution in [1.82, 2.24) is 0 Å². The van der Waals surface area contributed by atoms with E-state index in [-0.39, 0.29) is 58.0 Å². The second-order valence-electron chi connectivity index (χ2n) is 2.17. The summed E-state index contributed by atoms with van der Waals surface area (Å²) >= 11 is 0. The molecule has 4 N–H and O–H groups in total. The van der Waals surface area contributed by atoms with Crippen LogP contribution in [0.25, 0.3) is 0 Å². The molecule has 0 saturated heterocycles. The van der Waals surface area contributed by atoms with Gasteiger partial charge in [-0.3, -0.25) is 0 Å². The maximum atomic E-state index is 10.3. The van der Waals surface area contributed by atoms with Crippen LogP contribution in [0.2, 0.25) is 0 Å². The van der Waals surface area contributed by atoms with Crippen molar-refractivity contribution >= 4 is 32.2 Å². The summed E-state index contributed by atoms with van der Waals surface area (Å²) in [5, 5.41) is 35.0. The zero-order valence-corrected chi connectivity index (χ0v) is 15.0. The van der Waals surface area contributed by atoms with Crippen molar-refractivity contribution in [3.05, 3.63) is 17.7 Å². The molecule has 0 aliphatic heterocycles. The summed E-state index contributed by atoms with van der Waals surface area (Å²) in [7, 11) is 0. The molecule has 0 atom stereocenters. The number of phenolic OH excluding ortho intramolecular Hbond substituents is 3. The quantitative estimate of drug-likeness (QED) is 0.320. The Bertz CT molecular complexity index is 318. The minimum atomic E-state index is -1.29. The van der Waals surface area contributed by atoms with Crippen LogP contribution in [0, 0.1) is 0 Å². The molecule has 0 saturated carbocycles. The Kier molecular flexibility index (Phi) is 7.40. The zero-order valence-electron chi connectivity index (χ0n) is 7.06. The number of hydrogen-bond donors (Lipinski definition) is 4. The second kappa shape index (κ2) is 6.36. The van der Waals surface area contributed by atoms with Crippen LogP contribution in [-0.2, 0) is 26.2 Å². The van der Waals surface area contributed by atoms with Crippen LogP contribution in [0.4, 0.5) is 0 Å². The molecule has 0 aliphatic rings. The van der Waals surface area contributed by atoms with E-state index in [4.69, 9.17) is 20.4 Å². The molecule has 1 rings (SSSR count). The van der Waals surface area contributed by atoms with Gasteiger partial charge in [-0.25, -0.2) is 4.79 Å². The van der Waals surface area contributed by atoms with Gasteiger partial charge in [0.1, 0.15) is 0 Å². The van der Waals surface area contributed by atoms with Gasteiger partial charge < -0.3 is 20.4 Å². The summed E-state index contributed by atoms with van der Waals surface area (Å²) in [6.45, 7) is 0. The fourth-order valence-electron chi connectivity index (χ4n) is 0.728. The first-order valence-corrected chi connectivity index (χ1v) is 3.00. The SMILES string of the molecule is O=C(O)c1cc(O)c(O)c(O)c1.[BiH3].[Zr]. The number of aromatic hydroxyl groups is 3. The van der Waals surface area contributed by atoms with E-state index >= 15 is 0 Å². The molecule has 0 unspecified atom stereocenters. The number of carboxylic acid groups (broad SMARTS) is 1. The van der Waals surface area contributed by atoms with Crippen molar-refractivity contribution in [3.63, 3.8) is 0 Å². The third kappa shape index (κ3) is 3.54. The number of aromatic carboxylic acids is 1. The summed E-state index contributed by atoms with van der Waals surface area (Å²) < 4.78 is 0. The Balaban J connectivity index is 0. The summed E-state index contributed by atoms with van der Waals surface area (Å²) in [5.74, 6) is -3.33. The van der Waals surface area contributed by atoms with E-state index in [2.05, 4.69) is 0 Å².